The Hall–Kier alpha value is -2.85. The van der Waals surface area contributed by atoms with Crippen LogP contribution in [-0.4, -0.2) is 25.6 Å². The monoisotopic (exact) mass is 409 g/mol. The lowest BCUT2D eigenvalue weighted by Crippen LogP contribution is -2.12. The average Bonchev–Trinajstić information content (AvgIpc) is 3.06. The number of carbonyl (C=O) groups excluding carboxylic acids is 1. The molecule has 0 aliphatic heterocycles. The van der Waals surface area contributed by atoms with Crippen molar-refractivity contribution in [3.8, 4) is 0 Å². The lowest BCUT2D eigenvalue weighted by atomic mass is 10.3. The molecule has 0 aliphatic carbocycles. The summed E-state index contributed by atoms with van der Waals surface area (Å²) in [6.07, 6.45) is 1.12. The van der Waals surface area contributed by atoms with Crippen LogP contribution in [0.25, 0.3) is 0 Å². The van der Waals surface area contributed by atoms with Crippen molar-refractivity contribution in [3.05, 3.63) is 65.2 Å². The summed E-state index contributed by atoms with van der Waals surface area (Å²) < 4.78 is 49.0. The molecule has 2 N–H and O–H groups in total. The van der Waals surface area contributed by atoms with Gasteiger partial charge in [-0.25, -0.2) is 22.2 Å². The normalized spacial score (nSPS) is 11.2. The van der Waals surface area contributed by atoms with Crippen LogP contribution in [0, 0.1) is 11.6 Å². The first-order chi connectivity index (χ1) is 12.7. The number of hydrogen-bond donors (Lipinski definition) is 2. The van der Waals surface area contributed by atoms with Gasteiger partial charge in [0.1, 0.15) is 5.69 Å². The topological polar surface area (TPSA) is 88.2 Å². The maximum Gasteiger partial charge on any atom is 0.275 e. The Labute approximate surface area is 157 Å². The predicted molar refractivity (Wildman–Crippen MR) is 99.3 cm³/mol. The number of sulfone groups is 1. The van der Waals surface area contributed by atoms with Crippen LogP contribution in [0.5, 0.6) is 0 Å². The molecule has 2 aromatic carbocycles. The van der Waals surface area contributed by atoms with E-state index in [0.29, 0.717) is 10.8 Å². The van der Waals surface area contributed by atoms with Gasteiger partial charge in [-0.15, -0.1) is 11.3 Å². The van der Waals surface area contributed by atoms with E-state index in [1.54, 1.807) is 12.1 Å². The Morgan fingerprint density at radius 2 is 1.70 bits per heavy atom. The molecule has 3 rings (SSSR count). The van der Waals surface area contributed by atoms with Crippen molar-refractivity contribution in [2.24, 2.45) is 0 Å². The molecule has 1 aromatic heterocycles. The van der Waals surface area contributed by atoms with Gasteiger partial charge in [0.2, 0.25) is 0 Å². The van der Waals surface area contributed by atoms with Crippen LogP contribution in [0.3, 0.4) is 0 Å². The Morgan fingerprint density at radius 1 is 1.04 bits per heavy atom. The Kier molecular flexibility index (Phi) is 5.19. The van der Waals surface area contributed by atoms with E-state index in [1.807, 2.05) is 0 Å². The molecule has 1 amide bonds. The van der Waals surface area contributed by atoms with Crippen LogP contribution < -0.4 is 10.6 Å². The number of carbonyl (C=O) groups is 1. The summed E-state index contributed by atoms with van der Waals surface area (Å²) in [6.45, 7) is 0. The molecule has 0 aliphatic rings. The third-order valence-corrected chi connectivity index (χ3v) is 5.33. The van der Waals surface area contributed by atoms with Crippen molar-refractivity contribution in [2.75, 3.05) is 16.9 Å². The van der Waals surface area contributed by atoms with Gasteiger partial charge in [0, 0.05) is 29.1 Å². The second-order valence-electron chi connectivity index (χ2n) is 5.54. The zero-order valence-corrected chi connectivity index (χ0v) is 15.5. The van der Waals surface area contributed by atoms with Crippen molar-refractivity contribution >= 4 is 43.6 Å². The summed E-state index contributed by atoms with van der Waals surface area (Å²) in [4.78, 5) is 16.5. The van der Waals surface area contributed by atoms with Crippen molar-refractivity contribution in [1.82, 2.24) is 4.98 Å². The van der Waals surface area contributed by atoms with Gasteiger partial charge in [-0.2, -0.15) is 0 Å². The summed E-state index contributed by atoms with van der Waals surface area (Å²) >= 11 is 1.16. The second-order valence-corrected chi connectivity index (χ2v) is 8.42. The van der Waals surface area contributed by atoms with E-state index in [-0.39, 0.29) is 16.3 Å². The zero-order chi connectivity index (χ0) is 19.6. The highest BCUT2D eigenvalue weighted by Crippen LogP contribution is 2.23. The number of anilines is 3. The van der Waals surface area contributed by atoms with Gasteiger partial charge in [0.15, 0.2) is 26.6 Å². The smallest absolute Gasteiger partial charge is 0.275 e. The van der Waals surface area contributed by atoms with Crippen LogP contribution in [0.2, 0.25) is 0 Å². The first-order valence-corrected chi connectivity index (χ1v) is 10.3. The van der Waals surface area contributed by atoms with Crippen LogP contribution in [0.15, 0.2) is 52.7 Å². The molecule has 0 saturated heterocycles. The van der Waals surface area contributed by atoms with E-state index in [0.717, 1.165) is 29.7 Å². The third kappa shape index (κ3) is 4.66. The number of rotatable bonds is 5. The average molecular weight is 409 g/mol. The quantitative estimate of drug-likeness (QED) is 0.669. The van der Waals surface area contributed by atoms with Gasteiger partial charge in [-0.3, -0.25) is 4.79 Å². The zero-order valence-electron chi connectivity index (χ0n) is 13.9. The Balaban J connectivity index is 1.68. The summed E-state index contributed by atoms with van der Waals surface area (Å²) in [5, 5.41) is 7.31. The minimum atomic E-state index is -3.28. The number of amides is 1. The molecule has 0 saturated carbocycles. The molecule has 0 unspecified atom stereocenters. The Morgan fingerprint density at radius 3 is 2.33 bits per heavy atom. The molecule has 0 spiro atoms. The molecule has 27 heavy (non-hydrogen) atoms. The van der Waals surface area contributed by atoms with Gasteiger partial charge >= 0.3 is 0 Å². The summed E-state index contributed by atoms with van der Waals surface area (Å²) in [7, 11) is -3.28. The number of halogens is 2. The third-order valence-electron chi connectivity index (χ3n) is 3.45. The highest BCUT2D eigenvalue weighted by Gasteiger charge is 2.13. The molecule has 1 heterocycles. The molecule has 0 fully saturated rings. The molecule has 10 heteroatoms. The Bertz CT molecular complexity index is 1100. The van der Waals surface area contributed by atoms with Gasteiger partial charge in [0.05, 0.1) is 4.90 Å². The fourth-order valence-electron chi connectivity index (χ4n) is 2.11. The van der Waals surface area contributed by atoms with Gasteiger partial charge in [-0.05, 0) is 36.4 Å². The predicted octanol–water partition coefficient (Wildman–Crippen LogP) is 3.82. The minimum Gasteiger partial charge on any atom is -0.332 e. The fraction of sp³-hybridized carbons (Fsp3) is 0.0588. The van der Waals surface area contributed by atoms with Crippen LogP contribution >= 0.6 is 11.3 Å². The number of thiazole rings is 1. The number of nitrogens with zero attached hydrogens (tertiary/aromatic N) is 1. The van der Waals surface area contributed by atoms with Gasteiger partial charge in [-0.1, -0.05) is 0 Å². The molecular weight excluding hydrogens is 396 g/mol. The molecule has 0 bridgehead atoms. The maximum absolute atomic E-state index is 13.2. The largest absolute Gasteiger partial charge is 0.332 e. The molecule has 0 radical (unpaired) electrons. The van der Waals surface area contributed by atoms with Crippen LogP contribution in [0.1, 0.15) is 10.5 Å². The van der Waals surface area contributed by atoms with E-state index >= 15 is 0 Å². The lowest BCUT2D eigenvalue weighted by Gasteiger charge is -2.04. The summed E-state index contributed by atoms with van der Waals surface area (Å²) in [6, 6.07) is 9.12. The summed E-state index contributed by atoms with van der Waals surface area (Å²) in [5.41, 5.74) is 0.807. The van der Waals surface area contributed by atoms with E-state index in [2.05, 4.69) is 15.6 Å². The van der Waals surface area contributed by atoms with E-state index < -0.39 is 27.4 Å². The molecule has 6 nitrogen and oxygen atoms in total. The molecule has 0 atom stereocenters. The highest BCUT2D eigenvalue weighted by atomic mass is 32.2. The van der Waals surface area contributed by atoms with Crippen molar-refractivity contribution < 1.29 is 22.0 Å². The number of nitrogens with one attached hydrogen (secondary N) is 2. The number of benzene rings is 2. The molecule has 140 valence electrons. The summed E-state index contributed by atoms with van der Waals surface area (Å²) in [5.74, 6) is -2.64. The SMILES string of the molecule is CS(=O)(=O)c1ccc(Nc2nc(C(=O)Nc3ccc(F)c(F)c3)cs2)cc1. The van der Waals surface area contributed by atoms with Crippen molar-refractivity contribution in [1.29, 1.82) is 0 Å². The highest BCUT2D eigenvalue weighted by molar-refractivity contribution is 7.90. The second kappa shape index (κ2) is 7.41. The maximum atomic E-state index is 13.2. The lowest BCUT2D eigenvalue weighted by molar-refractivity contribution is 0.102. The standard InChI is InChI=1S/C17H13F2N3O3S2/c1-27(24,25)12-5-2-10(3-6-12)21-17-22-15(9-26-17)16(23)20-11-4-7-13(18)14(19)8-11/h2-9H,1H3,(H,20,23)(H,21,22). The number of aromatic nitrogens is 1. The fourth-order valence-corrected chi connectivity index (χ4v) is 3.45. The number of hydrogen-bond acceptors (Lipinski definition) is 6. The first kappa shape index (κ1) is 18.9. The van der Waals surface area contributed by atoms with Crippen LogP contribution in [-0.2, 0) is 9.84 Å². The minimum absolute atomic E-state index is 0.0972. The van der Waals surface area contributed by atoms with Crippen molar-refractivity contribution in [2.45, 2.75) is 4.90 Å². The van der Waals surface area contributed by atoms with Crippen molar-refractivity contribution in [3.63, 3.8) is 0 Å². The van der Waals surface area contributed by atoms with E-state index in [9.17, 15) is 22.0 Å². The molecule has 3 aromatic rings. The first-order valence-electron chi connectivity index (χ1n) is 7.51. The molecular formula is C17H13F2N3O3S2. The van der Waals surface area contributed by atoms with Gasteiger partial charge in [0.25, 0.3) is 5.91 Å². The van der Waals surface area contributed by atoms with E-state index in [1.165, 1.54) is 23.6 Å². The van der Waals surface area contributed by atoms with E-state index in [4.69, 9.17) is 0 Å². The van der Waals surface area contributed by atoms with Gasteiger partial charge < -0.3 is 10.6 Å². The van der Waals surface area contributed by atoms with Crippen LogP contribution in [0.4, 0.5) is 25.3 Å².